The van der Waals surface area contributed by atoms with Gasteiger partial charge in [-0.3, -0.25) is 20.2 Å². The van der Waals surface area contributed by atoms with E-state index in [1.165, 1.54) is 0 Å². The van der Waals surface area contributed by atoms with Crippen LogP contribution in [0.5, 0.6) is 0 Å². The standard InChI is InChI=1S/C11H16N8O8.2Na.2H2O3S/c20-1-10(4(22)14-8(26)18-10)16-6(24)12-3-13-7(25)17-11(2-21)5(23)15-9(27)19-11;;;2*1-4(2)3/h20-21H,1-3H2,(H2,12,16,24)(H2,13,17,25)(H2,14,18,22,26)(H2,15,19,23,27);;;2*(H2,1,2,3)/q;2*+1;;/p-2. The normalized spacial score (nSPS) is 22.6. The number of amides is 10. The monoisotopic (exact) mass is 596 g/mol. The van der Waals surface area contributed by atoms with Crippen molar-refractivity contribution in [1.82, 2.24) is 42.5 Å². The van der Waals surface area contributed by atoms with Gasteiger partial charge in [-0.15, -0.1) is 0 Å². The number of hydrogen-bond donors (Lipinski definition) is 12. The van der Waals surface area contributed by atoms with Crippen LogP contribution in [0.1, 0.15) is 0 Å². The molecule has 37 heavy (non-hydrogen) atoms. The summed E-state index contributed by atoms with van der Waals surface area (Å²) < 4.78 is 48.2. The number of hydrogen-bond acceptors (Lipinski definition) is 12. The largest absolute Gasteiger partial charge is 1.00 e. The van der Waals surface area contributed by atoms with Crippen LogP contribution in [0.25, 0.3) is 0 Å². The van der Waals surface area contributed by atoms with E-state index in [-0.39, 0.29) is 59.1 Å². The predicted molar refractivity (Wildman–Crippen MR) is 104 cm³/mol. The third-order valence-electron chi connectivity index (χ3n) is 3.51. The SMILES string of the molecule is O=C(NCNC(=O)NC1(CO)NC(=O)NC1=O)NC1(CO)NC(=O)NC1=O.O=S([O-])O.O=S([O-])O.[Na+].[Na+]. The average molecular weight is 596 g/mol. The van der Waals surface area contributed by atoms with Gasteiger partial charge >= 0.3 is 83.2 Å². The number of carbonyl (C=O) groups is 6. The van der Waals surface area contributed by atoms with Gasteiger partial charge in [0.25, 0.3) is 11.8 Å². The first kappa shape index (κ1) is 40.0. The molecule has 26 heteroatoms. The zero-order chi connectivity index (χ0) is 27.4. The summed E-state index contributed by atoms with van der Waals surface area (Å²) in [5.41, 5.74) is -4.12. The second kappa shape index (κ2) is 18.7. The second-order valence-corrected chi connectivity index (χ2v) is 6.68. The zero-order valence-electron chi connectivity index (χ0n) is 18.8. The Balaban J connectivity index is -0.00000101. The van der Waals surface area contributed by atoms with E-state index in [1.54, 1.807) is 0 Å². The molecule has 200 valence electrons. The topological polar surface area (TPSA) is 360 Å². The summed E-state index contributed by atoms with van der Waals surface area (Å²) in [5.74, 6) is -1.97. The Morgan fingerprint density at radius 2 is 1.03 bits per heavy atom. The van der Waals surface area contributed by atoms with Crippen LogP contribution < -0.4 is 102 Å². The van der Waals surface area contributed by atoms with Crippen molar-refractivity contribution in [3.05, 3.63) is 0 Å². The molecule has 2 aliphatic rings. The molecule has 0 aliphatic carbocycles. The molecule has 2 saturated heterocycles. The van der Waals surface area contributed by atoms with E-state index in [0.29, 0.717) is 0 Å². The Labute approximate surface area is 255 Å². The van der Waals surface area contributed by atoms with Crippen molar-refractivity contribution in [3.8, 4) is 0 Å². The molecule has 0 saturated carbocycles. The predicted octanol–water partition coefficient (Wildman–Crippen LogP) is -12.7. The van der Waals surface area contributed by atoms with Crippen molar-refractivity contribution in [1.29, 1.82) is 0 Å². The number of urea groups is 4. The van der Waals surface area contributed by atoms with Crippen LogP contribution in [0, 0.1) is 0 Å². The molecule has 0 aromatic carbocycles. The van der Waals surface area contributed by atoms with Gasteiger partial charge in [0.1, 0.15) is 0 Å². The van der Waals surface area contributed by atoms with Gasteiger partial charge in [0.15, 0.2) is 0 Å². The minimum Gasteiger partial charge on any atom is -0.750 e. The Morgan fingerprint density at radius 3 is 1.22 bits per heavy atom. The van der Waals surface area contributed by atoms with E-state index >= 15 is 0 Å². The first-order valence-electron chi connectivity index (χ1n) is 8.30. The fourth-order valence-electron chi connectivity index (χ4n) is 2.14. The molecule has 22 nitrogen and oxygen atoms in total. The summed E-state index contributed by atoms with van der Waals surface area (Å²) in [6.07, 6.45) is 0. The van der Waals surface area contributed by atoms with Crippen LogP contribution in [-0.4, -0.2) is 104 Å². The minimum absolute atomic E-state index is 0. The van der Waals surface area contributed by atoms with Crippen LogP contribution in [0.2, 0.25) is 0 Å². The van der Waals surface area contributed by atoms with Crippen molar-refractivity contribution in [2.75, 3.05) is 19.9 Å². The molecular formula is C11H18N8Na2O14S2. The van der Waals surface area contributed by atoms with E-state index < -0.39 is 89.9 Å². The third kappa shape index (κ3) is 14.3. The van der Waals surface area contributed by atoms with Gasteiger partial charge in [-0.2, -0.15) is 0 Å². The molecule has 2 rings (SSSR count). The van der Waals surface area contributed by atoms with E-state index in [1.807, 2.05) is 31.9 Å². The quantitative estimate of drug-likeness (QED) is 0.0586. The van der Waals surface area contributed by atoms with Gasteiger partial charge in [0, 0.05) is 0 Å². The van der Waals surface area contributed by atoms with Crippen LogP contribution in [-0.2, 0) is 32.3 Å². The van der Waals surface area contributed by atoms with Gasteiger partial charge in [-0.25, -0.2) is 27.6 Å². The first-order chi connectivity index (χ1) is 16.1. The number of nitrogens with one attached hydrogen (secondary N) is 8. The number of aliphatic hydroxyl groups is 2. The average Bonchev–Trinajstić information content (AvgIpc) is 3.15. The molecule has 4 atom stereocenters. The molecule has 2 heterocycles. The summed E-state index contributed by atoms with van der Waals surface area (Å²) in [6, 6.07) is -3.91. The van der Waals surface area contributed by atoms with Crippen molar-refractivity contribution >= 4 is 58.7 Å². The molecule has 2 fully saturated rings. The van der Waals surface area contributed by atoms with Crippen molar-refractivity contribution < 1.29 is 125 Å². The fourth-order valence-corrected chi connectivity index (χ4v) is 2.14. The Hall–Kier alpha value is -1.52. The summed E-state index contributed by atoms with van der Waals surface area (Å²) in [4.78, 5) is 68.9. The maximum absolute atomic E-state index is 11.8. The van der Waals surface area contributed by atoms with Gasteiger partial charge in [-0.1, -0.05) is 0 Å². The van der Waals surface area contributed by atoms with Crippen LogP contribution in [0.4, 0.5) is 19.2 Å². The Morgan fingerprint density at radius 1 is 0.757 bits per heavy atom. The third-order valence-corrected chi connectivity index (χ3v) is 3.51. The van der Waals surface area contributed by atoms with Gasteiger partial charge in [0.2, 0.25) is 11.3 Å². The number of imide groups is 2. The minimum atomic E-state index is -2.86. The number of carbonyl (C=O) groups excluding carboxylic acids is 6. The number of aliphatic hydroxyl groups excluding tert-OH is 2. The molecule has 0 aromatic heterocycles. The van der Waals surface area contributed by atoms with Crippen LogP contribution >= 0.6 is 0 Å². The summed E-state index contributed by atoms with van der Waals surface area (Å²) in [6.45, 7) is -2.38. The molecule has 12 N–H and O–H groups in total. The fraction of sp³-hybridized carbons (Fsp3) is 0.455. The van der Waals surface area contributed by atoms with E-state index in [9.17, 15) is 39.0 Å². The van der Waals surface area contributed by atoms with Gasteiger partial charge < -0.3 is 60.3 Å². The van der Waals surface area contributed by atoms with Crippen molar-refractivity contribution in [2.24, 2.45) is 0 Å². The van der Waals surface area contributed by atoms with E-state index in [4.69, 9.17) is 26.6 Å². The molecular weight excluding hydrogens is 578 g/mol. The van der Waals surface area contributed by atoms with Crippen LogP contribution in [0.15, 0.2) is 0 Å². The molecule has 2 aliphatic heterocycles. The second-order valence-electron chi connectivity index (χ2n) is 5.82. The molecule has 10 amide bonds. The van der Waals surface area contributed by atoms with Gasteiger partial charge in [0.05, 0.1) is 42.6 Å². The van der Waals surface area contributed by atoms with Gasteiger partial charge in [-0.05, 0) is 0 Å². The number of rotatable bonds is 6. The smallest absolute Gasteiger partial charge is 0.750 e. The van der Waals surface area contributed by atoms with Crippen molar-refractivity contribution in [2.45, 2.75) is 11.3 Å². The first-order valence-corrected chi connectivity index (χ1v) is 10.4. The van der Waals surface area contributed by atoms with E-state index in [2.05, 4.69) is 10.6 Å². The van der Waals surface area contributed by atoms with E-state index in [0.717, 1.165) is 0 Å². The molecule has 0 spiro atoms. The summed E-state index contributed by atoms with van der Waals surface area (Å²) >= 11 is -5.72. The molecule has 0 aromatic rings. The molecule has 0 radical (unpaired) electrons. The summed E-state index contributed by atoms with van der Waals surface area (Å²) in [5, 5.41) is 34.4. The zero-order valence-corrected chi connectivity index (χ0v) is 24.4. The Kier molecular flexibility index (Phi) is 20.2. The molecule has 0 bridgehead atoms. The van der Waals surface area contributed by atoms with Crippen LogP contribution in [0.3, 0.4) is 0 Å². The maximum Gasteiger partial charge on any atom is 1.00 e. The van der Waals surface area contributed by atoms with Crippen molar-refractivity contribution in [3.63, 3.8) is 0 Å². The Bertz CT molecular complexity index is 837. The molecule has 4 unspecified atom stereocenters. The summed E-state index contributed by atoms with van der Waals surface area (Å²) in [7, 11) is 0. The maximum atomic E-state index is 11.8.